The summed E-state index contributed by atoms with van der Waals surface area (Å²) < 4.78 is 13.9. The van der Waals surface area contributed by atoms with Crippen LogP contribution in [-0.4, -0.2) is 23.9 Å². The monoisotopic (exact) mass is 249 g/mol. The molecule has 2 nitrogen and oxygen atoms in total. The van der Waals surface area contributed by atoms with Crippen molar-refractivity contribution in [1.82, 2.24) is 4.90 Å². The number of carbonyl (C=O) groups is 1. The van der Waals surface area contributed by atoms with Crippen molar-refractivity contribution in [3.63, 3.8) is 0 Å². The molecule has 0 bridgehead atoms. The SMILES string of the molecule is Cc1cccc(C(=O)N2CCC(C)C(C)C2)c1F. The van der Waals surface area contributed by atoms with Gasteiger partial charge in [0, 0.05) is 13.1 Å². The van der Waals surface area contributed by atoms with Gasteiger partial charge in [-0.05, 0) is 36.8 Å². The molecule has 0 aromatic heterocycles. The molecule has 2 unspecified atom stereocenters. The van der Waals surface area contributed by atoms with Crippen molar-refractivity contribution in [2.45, 2.75) is 27.2 Å². The Morgan fingerprint density at radius 3 is 2.72 bits per heavy atom. The largest absolute Gasteiger partial charge is 0.338 e. The molecule has 1 fully saturated rings. The molecule has 1 saturated heterocycles. The molecule has 1 heterocycles. The van der Waals surface area contributed by atoms with Gasteiger partial charge < -0.3 is 4.90 Å². The molecule has 3 heteroatoms. The van der Waals surface area contributed by atoms with Gasteiger partial charge in [0.05, 0.1) is 5.56 Å². The van der Waals surface area contributed by atoms with E-state index in [0.717, 1.165) is 19.5 Å². The number of rotatable bonds is 1. The maximum atomic E-state index is 13.9. The molecule has 1 aromatic carbocycles. The van der Waals surface area contributed by atoms with Gasteiger partial charge in [-0.15, -0.1) is 0 Å². The van der Waals surface area contributed by atoms with E-state index < -0.39 is 0 Å². The van der Waals surface area contributed by atoms with Gasteiger partial charge in [-0.1, -0.05) is 26.0 Å². The third-order valence-electron chi connectivity index (χ3n) is 4.04. The highest BCUT2D eigenvalue weighted by molar-refractivity contribution is 5.94. The fourth-order valence-electron chi connectivity index (χ4n) is 2.43. The first kappa shape index (κ1) is 13.1. The molecule has 1 aliphatic rings. The van der Waals surface area contributed by atoms with Crippen molar-refractivity contribution < 1.29 is 9.18 Å². The van der Waals surface area contributed by atoms with Crippen molar-refractivity contribution in [3.8, 4) is 0 Å². The Balaban J connectivity index is 2.19. The number of nitrogens with zero attached hydrogens (tertiary/aromatic N) is 1. The van der Waals surface area contributed by atoms with E-state index in [1.807, 2.05) is 0 Å². The molecule has 0 radical (unpaired) electrons. The number of hydrogen-bond acceptors (Lipinski definition) is 1. The number of amides is 1. The van der Waals surface area contributed by atoms with E-state index in [9.17, 15) is 9.18 Å². The normalized spacial score (nSPS) is 24.1. The molecule has 0 saturated carbocycles. The molecule has 1 amide bonds. The fourth-order valence-corrected chi connectivity index (χ4v) is 2.43. The lowest BCUT2D eigenvalue weighted by atomic mass is 9.88. The maximum Gasteiger partial charge on any atom is 0.256 e. The van der Waals surface area contributed by atoms with Gasteiger partial charge in [0.2, 0.25) is 0 Å². The minimum absolute atomic E-state index is 0.171. The summed E-state index contributed by atoms with van der Waals surface area (Å²) >= 11 is 0. The van der Waals surface area contributed by atoms with Crippen LogP contribution in [0.15, 0.2) is 18.2 Å². The number of carbonyl (C=O) groups excluding carboxylic acids is 1. The second-order valence-corrected chi connectivity index (χ2v) is 5.43. The van der Waals surface area contributed by atoms with E-state index in [-0.39, 0.29) is 17.3 Å². The lowest BCUT2D eigenvalue weighted by Gasteiger charge is -2.35. The number of likely N-dealkylation sites (tertiary alicyclic amines) is 1. The zero-order valence-electron chi connectivity index (χ0n) is 11.2. The third-order valence-corrected chi connectivity index (χ3v) is 4.04. The number of aryl methyl sites for hydroxylation is 1. The highest BCUT2D eigenvalue weighted by Crippen LogP contribution is 2.24. The van der Waals surface area contributed by atoms with Crippen molar-refractivity contribution in [2.75, 3.05) is 13.1 Å². The minimum Gasteiger partial charge on any atom is -0.338 e. The summed E-state index contributed by atoms with van der Waals surface area (Å²) in [6.45, 7) is 7.51. The van der Waals surface area contributed by atoms with Crippen LogP contribution in [0.5, 0.6) is 0 Å². The lowest BCUT2D eigenvalue weighted by Crippen LogP contribution is -2.42. The topological polar surface area (TPSA) is 20.3 Å². The van der Waals surface area contributed by atoms with E-state index in [1.165, 1.54) is 0 Å². The molecule has 98 valence electrons. The Morgan fingerprint density at radius 2 is 2.06 bits per heavy atom. The Hall–Kier alpha value is -1.38. The van der Waals surface area contributed by atoms with Crippen LogP contribution < -0.4 is 0 Å². The van der Waals surface area contributed by atoms with Crippen LogP contribution in [0, 0.1) is 24.6 Å². The first-order valence-corrected chi connectivity index (χ1v) is 6.55. The van der Waals surface area contributed by atoms with Gasteiger partial charge >= 0.3 is 0 Å². The summed E-state index contributed by atoms with van der Waals surface area (Å²) in [6.07, 6.45) is 1.00. The Bertz CT molecular complexity index is 458. The minimum atomic E-state index is -0.381. The summed E-state index contributed by atoms with van der Waals surface area (Å²) in [4.78, 5) is 14.1. The van der Waals surface area contributed by atoms with Crippen molar-refractivity contribution in [1.29, 1.82) is 0 Å². The summed E-state index contributed by atoms with van der Waals surface area (Å²) in [5, 5.41) is 0. The summed E-state index contributed by atoms with van der Waals surface area (Å²) in [6, 6.07) is 5.00. The quantitative estimate of drug-likeness (QED) is 0.748. The standard InChI is InChI=1S/C15H20FNO/c1-10-7-8-17(9-12(10)3)15(18)13-6-4-5-11(2)14(13)16/h4-6,10,12H,7-9H2,1-3H3. The summed E-state index contributed by atoms with van der Waals surface area (Å²) in [5.41, 5.74) is 0.732. The van der Waals surface area contributed by atoms with Gasteiger partial charge in [0.15, 0.2) is 0 Å². The molecule has 2 rings (SSSR count). The van der Waals surface area contributed by atoms with Crippen LogP contribution in [0.2, 0.25) is 0 Å². The Morgan fingerprint density at radius 1 is 1.33 bits per heavy atom. The molecule has 0 spiro atoms. The van der Waals surface area contributed by atoms with Crippen molar-refractivity contribution >= 4 is 5.91 Å². The Kier molecular flexibility index (Phi) is 3.69. The van der Waals surface area contributed by atoms with Gasteiger partial charge in [0.25, 0.3) is 5.91 Å². The fraction of sp³-hybridized carbons (Fsp3) is 0.533. The molecule has 18 heavy (non-hydrogen) atoms. The van der Waals surface area contributed by atoms with E-state index >= 15 is 0 Å². The van der Waals surface area contributed by atoms with Crippen molar-refractivity contribution in [2.24, 2.45) is 11.8 Å². The van der Waals surface area contributed by atoms with Gasteiger partial charge in [-0.2, -0.15) is 0 Å². The molecular weight excluding hydrogens is 229 g/mol. The molecule has 1 aliphatic heterocycles. The van der Waals surface area contributed by atoms with Crippen molar-refractivity contribution in [3.05, 3.63) is 35.1 Å². The second-order valence-electron chi connectivity index (χ2n) is 5.43. The predicted octanol–water partition coefficient (Wildman–Crippen LogP) is 3.25. The summed E-state index contributed by atoms with van der Waals surface area (Å²) in [7, 11) is 0. The lowest BCUT2D eigenvalue weighted by molar-refractivity contribution is 0.0622. The van der Waals surface area contributed by atoms with Gasteiger partial charge in [0.1, 0.15) is 5.82 Å². The van der Waals surface area contributed by atoms with Gasteiger partial charge in [-0.25, -0.2) is 4.39 Å². The van der Waals surface area contributed by atoms with E-state index in [1.54, 1.807) is 30.0 Å². The predicted molar refractivity (Wildman–Crippen MR) is 70.0 cm³/mol. The van der Waals surface area contributed by atoms with Gasteiger partial charge in [-0.3, -0.25) is 4.79 Å². The van der Waals surface area contributed by atoms with E-state index in [4.69, 9.17) is 0 Å². The number of benzene rings is 1. The summed E-state index contributed by atoms with van der Waals surface area (Å²) in [5.74, 6) is 0.565. The number of halogens is 1. The smallest absolute Gasteiger partial charge is 0.256 e. The first-order chi connectivity index (χ1) is 8.50. The molecule has 0 N–H and O–H groups in total. The van der Waals surface area contributed by atoms with Crippen LogP contribution in [0.4, 0.5) is 4.39 Å². The van der Waals surface area contributed by atoms with Crippen LogP contribution in [-0.2, 0) is 0 Å². The van der Waals surface area contributed by atoms with Crippen LogP contribution in [0.25, 0.3) is 0 Å². The Labute approximate surface area is 108 Å². The molecule has 0 aliphatic carbocycles. The van der Waals surface area contributed by atoms with E-state index in [0.29, 0.717) is 17.4 Å². The van der Waals surface area contributed by atoms with Crippen LogP contribution in [0.3, 0.4) is 0 Å². The first-order valence-electron chi connectivity index (χ1n) is 6.55. The maximum absolute atomic E-state index is 13.9. The van der Waals surface area contributed by atoms with Crippen LogP contribution >= 0.6 is 0 Å². The zero-order chi connectivity index (χ0) is 13.3. The molecular formula is C15H20FNO. The number of hydrogen-bond donors (Lipinski definition) is 0. The molecule has 1 aromatic rings. The average Bonchev–Trinajstić information content (AvgIpc) is 2.35. The highest BCUT2D eigenvalue weighted by Gasteiger charge is 2.27. The van der Waals surface area contributed by atoms with E-state index in [2.05, 4.69) is 13.8 Å². The van der Waals surface area contributed by atoms with Crippen LogP contribution in [0.1, 0.15) is 36.2 Å². The average molecular weight is 249 g/mol. The third kappa shape index (κ3) is 2.40. The second kappa shape index (κ2) is 5.09. The molecule has 2 atom stereocenters. The zero-order valence-corrected chi connectivity index (χ0v) is 11.2. The number of piperidine rings is 1. The highest BCUT2D eigenvalue weighted by atomic mass is 19.1.